The first kappa shape index (κ1) is 9.58. The minimum atomic E-state index is -1.07. The van der Waals surface area contributed by atoms with E-state index in [0.29, 0.717) is 11.3 Å². The summed E-state index contributed by atoms with van der Waals surface area (Å²) in [6.45, 7) is 1.85. The van der Waals surface area contributed by atoms with Gasteiger partial charge in [0.05, 0.1) is 7.11 Å². The van der Waals surface area contributed by atoms with E-state index in [2.05, 4.69) is 0 Å². The van der Waals surface area contributed by atoms with Crippen molar-refractivity contribution in [2.45, 2.75) is 6.92 Å². The van der Waals surface area contributed by atoms with Gasteiger partial charge in [0.2, 0.25) is 5.76 Å². The number of hydrogen-bond acceptors (Lipinski definition) is 3. The molecule has 0 aliphatic rings. The number of carboxylic acids is 1. The van der Waals surface area contributed by atoms with E-state index in [1.54, 1.807) is 19.2 Å². The maximum Gasteiger partial charge on any atom is 0.371 e. The lowest BCUT2D eigenvalue weighted by atomic mass is 10.1. The molecule has 0 saturated carbocycles. The van der Waals surface area contributed by atoms with E-state index in [9.17, 15) is 4.79 Å². The van der Waals surface area contributed by atoms with Crippen LogP contribution in [0, 0.1) is 6.92 Å². The van der Waals surface area contributed by atoms with Gasteiger partial charge in [0, 0.05) is 5.39 Å². The van der Waals surface area contributed by atoms with Gasteiger partial charge in [-0.1, -0.05) is 0 Å². The van der Waals surface area contributed by atoms with Crippen molar-refractivity contribution < 1.29 is 19.1 Å². The van der Waals surface area contributed by atoms with Crippen LogP contribution in [-0.4, -0.2) is 18.2 Å². The van der Waals surface area contributed by atoms with Gasteiger partial charge in [0.25, 0.3) is 0 Å². The third-order valence-corrected chi connectivity index (χ3v) is 2.22. The molecule has 0 saturated heterocycles. The van der Waals surface area contributed by atoms with E-state index >= 15 is 0 Å². The maximum absolute atomic E-state index is 10.7. The molecule has 0 fully saturated rings. The second-order valence-electron chi connectivity index (χ2n) is 3.28. The summed E-state index contributed by atoms with van der Waals surface area (Å²) in [6.07, 6.45) is 0. The van der Waals surface area contributed by atoms with Crippen LogP contribution in [0.1, 0.15) is 16.1 Å². The average Bonchev–Trinajstić information content (AvgIpc) is 2.61. The molecule has 4 nitrogen and oxygen atoms in total. The van der Waals surface area contributed by atoms with Crippen LogP contribution in [0.3, 0.4) is 0 Å². The van der Waals surface area contributed by atoms with Crippen molar-refractivity contribution in [1.29, 1.82) is 0 Å². The Morgan fingerprint density at radius 1 is 1.40 bits per heavy atom. The number of hydrogen-bond donors (Lipinski definition) is 1. The van der Waals surface area contributed by atoms with E-state index in [4.69, 9.17) is 14.3 Å². The van der Waals surface area contributed by atoms with E-state index in [1.807, 2.05) is 6.92 Å². The van der Waals surface area contributed by atoms with Gasteiger partial charge in [0.15, 0.2) is 0 Å². The van der Waals surface area contributed by atoms with Crippen LogP contribution < -0.4 is 4.74 Å². The van der Waals surface area contributed by atoms with Crippen LogP contribution in [0.15, 0.2) is 22.6 Å². The van der Waals surface area contributed by atoms with Gasteiger partial charge < -0.3 is 14.3 Å². The molecule has 0 atom stereocenters. The summed E-state index contributed by atoms with van der Waals surface area (Å²) >= 11 is 0. The summed E-state index contributed by atoms with van der Waals surface area (Å²) in [5.41, 5.74) is 1.45. The van der Waals surface area contributed by atoms with Crippen LogP contribution >= 0.6 is 0 Å². The number of aromatic carboxylic acids is 1. The number of ether oxygens (including phenoxy) is 1. The van der Waals surface area contributed by atoms with Crippen molar-refractivity contribution in [3.05, 3.63) is 29.5 Å². The lowest BCUT2D eigenvalue weighted by molar-refractivity contribution is 0.0665. The Morgan fingerprint density at radius 3 is 2.73 bits per heavy atom. The highest BCUT2D eigenvalue weighted by molar-refractivity contribution is 5.92. The zero-order valence-corrected chi connectivity index (χ0v) is 8.40. The Morgan fingerprint density at radius 2 is 2.13 bits per heavy atom. The smallest absolute Gasteiger partial charge is 0.371 e. The molecule has 1 heterocycles. The molecule has 0 bridgehead atoms. The van der Waals surface area contributed by atoms with E-state index in [-0.39, 0.29) is 5.76 Å². The fourth-order valence-electron chi connectivity index (χ4n) is 1.52. The second-order valence-corrected chi connectivity index (χ2v) is 3.28. The molecular weight excluding hydrogens is 196 g/mol. The van der Waals surface area contributed by atoms with Crippen molar-refractivity contribution >= 4 is 16.9 Å². The van der Waals surface area contributed by atoms with Gasteiger partial charge in [-0.25, -0.2) is 4.79 Å². The number of aryl methyl sites for hydroxylation is 1. The van der Waals surface area contributed by atoms with Crippen molar-refractivity contribution in [3.8, 4) is 5.75 Å². The van der Waals surface area contributed by atoms with Crippen LogP contribution in [0.2, 0.25) is 0 Å². The first-order chi connectivity index (χ1) is 7.11. The first-order valence-corrected chi connectivity index (χ1v) is 4.43. The Kier molecular flexibility index (Phi) is 2.11. The highest BCUT2D eigenvalue weighted by Crippen LogP contribution is 2.27. The lowest BCUT2D eigenvalue weighted by Crippen LogP contribution is -1.91. The Labute approximate surface area is 86.1 Å². The van der Waals surface area contributed by atoms with Gasteiger partial charge >= 0.3 is 5.97 Å². The molecule has 15 heavy (non-hydrogen) atoms. The monoisotopic (exact) mass is 206 g/mol. The predicted octanol–water partition coefficient (Wildman–Crippen LogP) is 2.45. The summed E-state index contributed by atoms with van der Waals surface area (Å²) in [5, 5.41) is 9.52. The molecule has 78 valence electrons. The fraction of sp³-hybridized carbons (Fsp3) is 0.182. The molecule has 2 aromatic rings. The maximum atomic E-state index is 10.7. The van der Waals surface area contributed by atoms with Crippen molar-refractivity contribution in [3.63, 3.8) is 0 Å². The van der Waals surface area contributed by atoms with E-state index < -0.39 is 5.97 Å². The van der Waals surface area contributed by atoms with E-state index in [0.717, 1.165) is 10.9 Å². The topological polar surface area (TPSA) is 59.7 Å². The SMILES string of the molecule is COc1cc(C)c2oc(C(=O)O)cc2c1. The Balaban J connectivity index is 2.69. The summed E-state index contributed by atoms with van der Waals surface area (Å²) in [7, 11) is 1.57. The van der Waals surface area contributed by atoms with E-state index in [1.165, 1.54) is 6.07 Å². The van der Waals surface area contributed by atoms with Crippen molar-refractivity contribution in [2.24, 2.45) is 0 Å². The number of furan rings is 1. The molecule has 1 N–H and O–H groups in total. The highest BCUT2D eigenvalue weighted by Gasteiger charge is 2.12. The minimum Gasteiger partial charge on any atom is -0.497 e. The second kappa shape index (κ2) is 3.31. The molecule has 1 aromatic heterocycles. The average molecular weight is 206 g/mol. The minimum absolute atomic E-state index is 0.0543. The highest BCUT2D eigenvalue weighted by atomic mass is 16.5. The third-order valence-electron chi connectivity index (χ3n) is 2.22. The largest absolute Gasteiger partial charge is 0.497 e. The molecule has 0 aliphatic carbocycles. The normalized spacial score (nSPS) is 10.5. The lowest BCUT2D eigenvalue weighted by Gasteiger charge is -2.00. The molecule has 0 spiro atoms. The number of carbonyl (C=O) groups is 1. The van der Waals surface area contributed by atoms with Crippen LogP contribution in [-0.2, 0) is 0 Å². The van der Waals surface area contributed by atoms with Crippen LogP contribution in [0.5, 0.6) is 5.75 Å². The quantitative estimate of drug-likeness (QED) is 0.819. The van der Waals surface area contributed by atoms with Gasteiger partial charge in [-0.05, 0) is 30.7 Å². The molecule has 4 heteroatoms. The number of fused-ring (bicyclic) bond motifs is 1. The summed E-state index contributed by atoms with van der Waals surface area (Å²) in [4.78, 5) is 10.7. The van der Waals surface area contributed by atoms with Crippen LogP contribution in [0.25, 0.3) is 11.0 Å². The van der Waals surface area contributed by atoms with Gasteiger partial charge in [-0.15, -0.1) is 0 Å². The zero-order valence-electron chi connectivity index (χ0n) is 8.40. The fourth-order valence-corrected chi connectivity index (χ4v) is 1.52. The summed E-state index contributed by atoms with van der Waals surface area (Å²) in [5.74, 6) is -0.427. The number of methoxy groups -OCH3 is 1. The molecule has 2 rings (SSSR count). The summed E-state index contributed by atoms with van der Waals surface area (Å²) in [6, 6.07) is 5.04. The number of rotatable bonds is 2. The molecule has 0 unspecified atom stereocenters. The van der Waals surface area contributed by atoms with Crippen LogP contribution in [0.4, 0.5) is 0 Å². The molecule has 0 radical (unpaired) electrons. The molecule has 1 aromatic carbocycles. The molecule has 0 aliphatic heterocycles. The zero-order chi connectivity index (χ0) is 11.0. The predicted molar refractivity (Wildman–Crippen MR) is 54.5 cm³/mol. The summed E-state index contributed by atoms with van der Waals surface area (Å²) < 4.78 is 10.3. The first-order valence-electron chi connectivity index (χ1n) is 4.43. The van der Waals surface area contributed by atoms with Gasteiger partial charge in [-0.2, -0.15) is 0 Å². The Hall–Kier alpha value is -1.97. The molecular formula is C11H10O4. The third kappa shape index (κ3) is 1.54. The van der Waals surface area contributed by atoms with Gasteiger partial charge in [0.1, 0.15) is 11.3 Å². The Bertz CT molecular complexity index is 525. The standard InChI is InChI=1S/C11H10O4/c1-6-3-8(14-2)4-7-5-9(11(12)13)15-10(6)7/h3-5H,1-2H3,(H,12,13). The number of benzene rings is 1. The van der Waals surface area contributed by atoms with Crippen molar-refractivity contribution in [1.82, 2.24) is 0 Å². The number of carboxylic acid groups (broad SMARTS) is 1. The van der Waals surface area contributed by atoms with Gasteiger partial charge in [-0.3, -0.25) is 0 Å². The van der Waals surface area contributed by atoms with Crippen molar-refractivity contribution in [2.75, 3.05) is 7.11 Å². The molecule has 0 amide bonds.